The Morgan fingerprint density at radius 2 is 1.79 bits per heavy atom. The van der Waals surface area contributed by atoms with Gasteiger partial charge in [-0.15, -0.1) is 0 Å². The summed E-state index contributed by atoms with van der Waals surface area (Å²) in [6.07, 6.45) is 3.66. The second-order valence-electron chi connectivity index (χ2n) is 11.7. The average Bonchev–Trinajstić information content (AvgIpc) is 3.54. The molecule has 2 heterocycles. The van der Waals surface area contributed by atoms with E-state index in [1.807, 2.05) is 60.4 Å². The molecule has 0 saturated heterocycles. The van der Waals surface area contributed by atoms with E-state index < -0.39 is 45.9 Å². The van der Waals surface area contributed by atoms with E-state index in [9.17, 15) is 31.2 Å². The zero-order chi connectivity index (χ0) is 34.2. The number of hydrogen-bond acceptors (Lipinski definition) is 6. The van der Waals surface area contributed by atoms with E-state index in [1.54, 1.807) is 0 Å². The summed E-state index contributed by atoms with van der Waals surface area (Å²) in [5, 5.41) is 12.6. The van der Waals surface area contributed by atoms with Gasteiger partial charge in [-0.1, -0.05) is 82.0 Å². The quantitative estimate of drug-likeness (QED) is 0.157. The molecule has 254 valence electrons. The number of rotatable bonds is 16. The van der Waals surface area contributed by atoms with E-state index >= 15 is 0 Å². The number of carboxylic acid groups (broad SMARTS) is 1. The van der Waals surface area contributed by atoms with Crippen molar-refractivity contribution in [1.82, 2.24) is 9.73 Å². The van der Waals surface area contributed by atoms with Crippen LogP contribution in [-0.2, 0) is 26.0 Å². The summed E-state index contributed by atoms with van der Waals surface area (Å²) in [7, 11) is -3.59. The fourth-order valence-electron chi connectivity index (χ4n) is 5.87. The van der Waals surface area contributed by atoms with Crippen LogP contribution in [0.1, 0.15) is 64.4 Å². The number of hydrogen-bond donors (Lipinski definition) is 2. The summed E-state index contributed by atoms with van der Waals surface area (Å²) in [4.78, 5) is 25.8. The number of halogens is 3. The first-order chi connectivity index (χ1) is 22.3. The first-order valence-corrected chi connectivity index (χ1v) is 17.5. The predicted octanol–water partition coefficient (Wildman–Crippen LogP) is 6.43. The molecular formula is C34H41F3N4O5S. The number of nitrogens with one attached hydrogen (secondary N) is 1. The molecule has 1 amide bonds. The van der Waals surface area contributed by atoms with Gasteiger partial charge in [0.2, 0.25) is 10.0 Å². The van der Waals surface area contributed by atoms with Crippen LogP contribution in [0.3, 0.4) is 0 Å². The van der Waals surface area contributed by atoms with E-state index in [-0.39, 0.29) is 29.8 Å². The third-order valence-corrected chi connectivity index (χ3v) is 9.73. The maximum atomic E-state index is 13.8. The number of unbranched alkanes of at least 4 members (excludes halogenated alkanes) is 3. The summed E-state index contributed by atoms with van der Waals surface area (Å²) >= 11 is 0. The van der Waals surface area contributed by atoms with Crippen LogP contribution in [0.5, 0.6) is 0 Å². The Balaban J connectivity index is 1.61. The topological polar surface area (TPSA) is 119 Å². The number of amides is 1. The van der Waals surface area contributed by atoms with Crippen molar-refractivity contribution in [3.63, 3.8) is 0 Å². The third-order valence-electron chi connectivity index (χ3n) is 8.21. The van der Waals surface area contributed by atoms with Crippen molar-refractivity contribution in [2.24, 2.45) is 5.10 Å². The highest BCUT2D eigenvalue weighted by Gasteiger charge is 2.46. The molecule has 2 aliphatic heterocycles. The second kappa shape index (κ2) is 15.7. The standard InChI is InChI=1S/C34H41F3N4O5S/c1-3-5-6-10-15-25(4-2)39-47(45,46)21-12-20-40-26(22-29-27(16-11-17-30(29)40)24-13-8-7-9-14-24)18-19-28-32(34(35,36)37)38-41(33(28)44)23-31(42)43/h7-9,11,13-14,16-19,25,39H,3-6,10,12,15,20-23H2,1-2H3,(H,42,43)/b26-18+,28-19-. The van der Waals surface area contributed by atoms with Crippen molar-refractivity contribution in [3.8, 4) is 11.1 Å². The van der Waals surface area contributed by atoms with Gasteiger partial charge in [-0.05, 0) is 54.2 Å². The van der Waals surface area contributed by atoms with Crippen LogP contribution in [0, 0.1) is 0 Å². The highest BCUT2D eigenvalue weighted by molar-refractivity contribution is 7.89. The Labute approximate surface area is 273 Å². The molecule has 2 N–H and O–H groups in total. The number of carboxylic acids is 1. The highest BCUT2D eigenvalue weighted by atomic mass is 32.2. The number of hydrazone groups is 1. The maximum Gasteiger partial charge on any atom is 0.435 e. The van der Waals surface area contributed by atoms with Crippen LogP contribution in [0.4, 0.5) is 18.9 Å². The lowest BCUT2D eigenvalue weighted by Gasteiger charge is -2.22. The number of carbonyl (C=O) groups excluding carboxylic acids is 1. The van der Waals surface area contributed by atoms with Gasteiger partial charge in [0.15, 0.2) is 5.71 Å². The van der Waals surface area contributed by atoms with Crippen molar-refractivity contribution < 1.29 is 36.3 Å². The van der Waals surface area contributed by atoms with Gasteiger partial charge < -0.3 is 10.0 Å². The Hall–Kier alpha value is -3.97. The van der Waals surface area contributed by atoms with Gasteiger partial charge in [0.05, 0.1) is 11.3 Å². The molecule has 1 atom stereocenters. The van der Waals surface area contributed by atoms with Gasteiger partial charge in [0.25, 0.3) is 5.91 Å². The molecule has 0 aromatic heterocycles. The molecular weight excluding hydrogens is 633 g/mol. The number of carbonyl (C=O) groups is 2. The second-order valence-corrected chi connectivity index (χ2v) is 13.6. The molecule has 0 radical (unpaired) electrons. The van der Waals surface area contributed by atoms with E-state index in [2.05, 4.69) is 16.7 Å². The Morgan fingerprint density at radius 3 is 2.45 bits per heavy atom. The molecule has 0 aliphatic carbocycles. The number of benzene rings is 2. The van der Waals surface area contributed by atoms with Gasteiger partial charge in [0, 0.05) is 30.4 Å². The third kappa shape index (κ3) is 9.32. The number of fused-ring (bicyclic) bond motifs is 1. The highest BCUT2D eigenvalue weighted by Crippen LogP contribution is 2.41. The molecule has 47 heavy (non-hydrogen) atoms. The van der Waals surface area contributed by atoms with Crippen LogP contribution in [0.25, 0.3) is 11.1 Å². The molecule has 9 nitrogen and oxygen atoms in total. The molecule has 0 saturated carbocycles. The summed E-state index contributed by atoms with van der Waals surface area (Å²) in [5.74, 6) is -2.80. The van der Waals surface area contributed by atoms with E-state index in [0.29, 0.717) is 18.5 Å². The van der Waals surface area contributed by atoms with Crippen molar-refractivity contribution in [2.75, 3.05) is 23.7 Å². The number of sulfonamides is 1. The van der Waals surface area contributed by atoms with Gasteiger partial charge in [-0.2, -0.15) is 18.3 Å². The van der Waals surface area contributed by atoms with Gasteiger partial charge in [0.1, 0.15) is 6.54 Å². The first-order valence-electron chi connectivity index (χ1n) is 15.9. The monoisotopic (exact) mass is 674 g/mol. The number of alkyl halides is 3. The minimum atomic E-state index is -4.99. The fraction of sp³-hybridized carbons (Fsp3) is 0.441. The van der Waals surface area contributed by atoms with E-state index in [0.717, 1.165) is 60.6 Å². The van der Waals surface area contributed by atoms with Crippen LogP contribution < -0.4 is 9.62 Å². The van der Waals surface area contributed by atoms with E-state index in [4.69, 9.17) is 5.11 Å². The largest absolute Gasteiger partial charge is 0.480 e. The number of nitrogens with zero attached hydrogens (tertiary/aromatic N) is 3. The van der Waals surface area contributed by atoms with Crippen LogP contribution >= 0.6 is 0 Å². The smallest absolute Gasteiger partial charge is 0.435 e. The van der Waals surface area contributed by atoms with Crippen LogP contribution in [-0.4, -0.2) is 67.2 Å². The van der Waals surface area contributed by atoms with Crippen molar-refractivity contribution >= 4 is 33.3 Å². The summed E-state index contributed by atoms with van der Waals surface area (Å²) in [6, 6.07) is 15.2. The maximum absolute atomic E-state index is 13.8. The van der Waals surface area contributed by atoms with Gasteiger partial charge in [-0.3, -0.25) is 9.59 Å². The summed E-state index contributed by atoms with van der Waals surface area (Å²) < 4.78 is 70.4. The van der Waals surface area contributed by atoms with Gasteiger partial charge >= 0.3 is 12.1 Å². The molecule has 4 rings (SSSR count). The van der Waals surface area contributed by atoms with Crippen molar-refractivity contribution in [1.29, 1.82) is 0 Å². The summed E-state index contributed by atoms with van der Waals surface area (Å²) in [5.41, 5.74) is 1.91. The first kappa shape index (κ1) is 35.9. The molecule has 2 aromatic rings. The SMILES string of the molecule is CCCCCCC(CC)NS(=O)(=O)CCCN1/C(=C/C=C2\C(=O)N(CC(=O)O)N=C2C(F)(F)F)Cc2c(-c3ccccc3)cccc21. The predicted molar refractivity (Wildman–Crippen MR) is 176 cm³/mol. The lowest BCUT2D eigenvalue weighted by Crippen LogP contribution is -2.36. The van der Waals surface area contributed by atoms with Crippen LogP contribution in [0.2, 0.25) is 0 Å². The normalized spacial score (nSPS) is 17.5. The average molecular weight is 675 g/mol. The lowest BCUT2D eigenvalue weighted by atomic mass is 9.97. The molecule has 2 aromatic carbocycles. The molecule has 13 heteroatoms. The number of anilines is 1. The van der Waals surface area contributed by atoms with Gasteiger partial charge in [-0.25, -0.2) is 18.1 Å². The number of aliphatic carboxylic acids is 1. The Kier molecular flexibility index (Phi) is 12.0. The lowest BCUT2D eigenvalue weighted by molar-refractivity contribution is -0.142. The molecule has 0 fully saturated rings. The molecule has 0 bridgehead atoms. The number of allylic oxidation sites excluding steroid dienone is 3. The molecule has 0 spiro atoms. The zero-order valence-corrected chi connectivity index (χ0v) is 27.4. The van der Waals surface area contributed by atoms with Crippen molar-refractivity contribution in [2.45, 2.75) is 77.4 Å². The molecule has 2 aliphatic rings. The zero-order valence-electron chi connectivity index (χ0n) is 26.6. The Bertz CT molecular complexity index is 1640. The summed E-state index contributed by atoms with van der Waals surface area (Å²) in [6.45, 7) is 3.32. The van der Waals surface area contributed by atoms with E-state index in [1.165, 1.54) is 6.08 Å². The minimum Gasteiger partial charge on any atom is -0.480 e. The molecule has 1 unspecified atom stereocenters. The fourth-order valence-corrected chi connectivity index (χ4v) is 7.29. The minimum absolute atomic E-state index is 0.134. The van der Waals surface area contributed by atoms with Crippen molar-refractivity contribution in [3.05, 3.63) is 77.5 Å². The van der Waals surface area contributed by atoms with Crippen LogP contribution in [0.15, 0.2) is 77.1 Å². The Morgan fingerprint density at radius 1 is 1.04 bits per heavy atom.